The Morgan fingerprint density at radius 1 is 1.22 bits per heavy atom. The molecular formula is C18H19FN2O2. The topological polar surface area (TPSA) is 70.0 Å². The number of hydrogen-bond acceptors (Lipinski definition) is 3. The van der Waals surface area contributed by atoms with E-state index in [1.165, 1.54) is 36.4 Å². The second-order valence-electron chi connectivity index (χ2n) is 5.69. The van der Waals surface area contributed by atoms with E-state index in [0.717, 1.165) is 32.1 Å². The Kier molecular flexibility index (Phi) is 6.04. The molecule has 1 aromatic carbocycles. The standard InChI is InChI=1S/C18H19FN2O2/c19-14-9-6-13(7-10-14)8-11-17(22)16(12-20)18(23)21-15-4-2-1-3-5-15/h6-11,15-16H,1-5H2,(H,21,23)/b11-8-/t16-/m1/s1. The van der Waals surface area contributed by atoms with Crippen LogP contribution in [0.25, 0.3) is 6.08 Å². The first-order chi connectivity index (χ1) is 11.1. The van der Waals surface area contributed by atoms with Crippen LogP contribution in [0, 0.1) is 23.1 Å². The van der Waals surface area contributed by atoms with Crippen molar-refractivity contribution >= 4 is 17.8 Å². The fourth-order valence-corrected chi connectivity index (χ4v) is 2.63. The van der Waals surface area contributed by atoms with Gasteiger partial charge < -0.3 is 5.32 Å². The molecule has 1 amide bonds. The molecule has 0 saturated heterocycles. The van der Waals surface area contributed by atoms with E-state index in [4.69, 9.17) is 5.26 Å². The highest BCUT2D eigenvalue weighted by molar-refractivity contribution is 6.10. The van der Waals surface area contributed by atoms with Crippen LogP contribution in [0.5, 0.6) is 0 Å². The predicted molar refractivity (Wildman–Crippen MR) is 84.6 cm³/mol. The van der Waals surface area contributed by atoms with Gasteiger partial charge in [0.05, 0.1) is 6.07 Å². The number of nitrogens with zero attached hydrogens (tertiary/aromatic N) is 1. The summed E-state index contributed by atoms with van der Waals surface area (Å²) >= 11 is 0. The Balaban J connectivity index is 1.95. The number of hydrogen-bond donors (Lipinski definition) is 1. The molecule has 2 rings (SSSR count). The maximum atomic E-state index is 12.8. The SMILES string of the molecule is N#C[C@H](C(=O)/C=C\c1ccc(F)cc1)C(=O)NC1CCCCC1. The molecule has 4 nitrogen and oxygen atoms in total. The summed E-state index contributed by atoms with van der Waals surface area (Å²) < 4.78 is 12.8. The van der Waals surface area contributed by atoms with Crippen LogP contribution in [0.2, 0.25) is 0 Å². The van der Waals surface area contributed by atoms with E-state index < -0.39 is 17.6 Å². The van der Waals surface area contributed by atoms with E-state index in [9.17, 15) is 14.0 Å². The molecule has 0 bridgehead atoms. The Labute approximate surface area is 135 Å². The molecule has 0 radical (unpaired) electrons. The molecule has 120 valence electrons. The minimum Gasteiger partial charge on any atom is -0.352 e. The minimum absolute atomic E-state index is 0.0565. The van der Waals surface area contributed by atoms with Gasteiger partial charge in [-0.1, -0.05) is 37.5 Å². The van der Waals surface area contributed by atoms with Crippen molar-refractivity contribution in [2.24, 2.45) is 5.92 Å². The minimum atomic E-state index is -1.34. The van der Waals surface area contributed by atoms with Crippen LogP contribution in [0.15, 0.2) is 30.3 Å². The van der Waals surface area contributed by atoms with E-state index in [1.807, 2.05) is 0 Å². The second-order valence-corrected chi connectivity index (χ2v) is 5.69. The zero-order chi connectivity index (χ0) is 16.7. The summed E-state index contributed by atoms with van der Waals surface area (Å²) in [6.45, 7) is 0. The first kappa shape index (κ1) is 16.9. The summed E-state index contributed by atoms with van der Waals surface area (Å²) in [4.78, 5) is 24.2. The summed E-state index contributed by atoms with van der Waals surface area (Å²) in [5.41, 5.74) is 0.629. The van der Waals surface area contributed by atoms with Crippen LogP contribution in [-0.4, -0.2) is 17.7 Å². The first-order valence-electron chi connectivity index (χ1n) is 7.77. The van der Waals surface area contributed by atoms with Gasteiger partial charge in [-0.3, -0.25) is 9.59 Å². The monoisotopic (exact) mass is 314 g/mol. The number of halogens is 1. The van der Waals surface area contributed by atoms with Gasteiger partial charge in [-0.2, -0.15) is 5.26 Å². The third-order valence-corrected chi connectivity index (χ3v) is 3.94. The molecule has 0 unspecified atom stereocenters. The molecule has 0 aromatic heterocycles. The summed E-state index contributed by atoms with van der Waals surface area (Å²) in [7, 11) is 0. The van der Waals surface area contributed by atoms with Crippen molar-refractivity contribution in [1.82, 2.24) is 5.32 Å². The summed E-state index contributed by atoms with van der Waals surface area (Å²) in [5, 5.41) is 11.9. The fraction of sp³-hybridized carbons (Fsp3) is 0.389. The van der Waals surface area contributed by atoms with Crippen molar-refractivity contribution in [1.29, 1.82) is 5.26 Å². The van der Waals surface area contributed by atoms with Gasteiger partial charge in [-0.15, -0.1) is 0 Å². The van der Waals surface area contributed by atoms with Crippen molar-refractivity contribution < 1.29 is 14.0 Å². The zero-order valence-electron chi connectivity index (χ0n) is 12.8. The summed E-state index contributed by atoms with van der Waals surface area (Å²) in [6.07, 6.45) is 7.73. The number of nitrogens with one attached hydrogen (secondary N) is 1. The summed E-state index contributed by atoms with van der Waals surface area (Å²) in [5.74, 6) is -2.80. The molecule has 23 heavy (non-hydrogen) atoms. The van der Waals surface area contributed by atoms with Gasteiger partial charge >= 0.3 is 0 Å². The zero-order valence-corrected chi connectivity index (χ0v) is 12.8. The third-order valence-electron chi connectivity index (χ3n) is 3.94. The van der Waals surface area contributed by atoms with Crippen LogP contribution in [0.1, 0.15) is 37.7 Å². The lowest BCUT2D eigenvalue weighted by Gasteiger charge is -2.23. The number of carbonyl (C=O) groups is 2. The molecule has 0 spiro atoms. The predicted octanol–water partition coefficient (Wildman–Crippen LogP) is 3.00. The van der Waals surface area contributed by atoms with Crippen LogP contribution >= 0.6 is 0 Å². The number of amides is 1. The average Bonchev–Trinajstić information content (AvgIpc) is 2.56. The average molecular weight is 314 g/mol. The smallest absolute Gasteiger partial charge is 0.245 e. The van der Waals surface area contributed by atoms with Crippen LogP contribution in [0.4, 0.5) is 4.39 Å². The highest BCUT2D eigenvalue weighted by Crippen LogP contribution is 2.18. The third kappa shape index (κ3) is 5.03. The molecule has 0 heterocycles. The van der Waals surface area contributed by atoms with E-state index in [2.05, 4.69) is 5.32 Å². The van der Waals surface area contributed by atoms with Crippen molar-refractivity contribution in [3.8, 4) is 6.07 Å². The lowest BCUT2D eigenvalue weighted by atomic mass is 9.94. The van der Waals surface area contributed by atoms with Crippen molar-refractivity contribution in [3.05, 3.63) is 41.7 Å². The van der Waals surface area contributed by atoms with Gasteiger partial charge in [0.25, 0.3) is 0 Å². The van der Waals surface area contributed by atoms with E-state index in [1.54, 1.807) is 6.07 Å². The first-order valence-corrected chi connectivity index (χ1v) is 7.77. The van der Waals surface area contributed by atoms with Crippen molar-refractivity contribution in [2.75, 3.05) is 0 Å². The fourth-order valence-electron chi connectivity index (χ4n) is 2.63. The molecule has 1 fully saturated rings. The highest BCUT2D eigenvalue weighted by Gasteiger charge is 2.27. The lowest BCUT2D eigenvalue weighted by molar-refractivity contribution is -0.130. The molecule has 1 aliphatic carbocycles. The Morgan fingerprint density at radius 2 is 1.87 bits per heavy atom. The normalized spacial score (nSPS) is 16.7. The van der Waals surface area contributed by atoms with Crippen molar-refractivity contribution in [3.63, 3.8) is 0 Å². The van der Waals surface area contributed by atoms with E-state index in [-0.39, 0.29) is 11.9 Å². The maximum absolute atomic E-state index is 12.8. The van der Waals surface area contributed by atoms with Gasteiger partial charge in [0.1, 0.15) is 5.82 Å². The number of ketones is 1. The van der Waals surface area contributed by atoms with Crippen LogP contribution in [-0.2, 0) is 9.59 Å². The molecular weight excluding hydrogens is 295 g/mol. The molecule has 1 aromatic rings. The highest BCUT2D eigenvalue weighted by atomic mass is 19.1. The molecule has 1 saturated carbocycles. The molecule has 1 aliphatic rings. The number of rotatable bonds is 5. The maximum Gasteiger partial charge on any atom is 0.245 e. The Hall–Kier alpha value is -2.48. The van der Waals surface area contributed by atoms with Gasteiger partial charge in [0, 0.05) is 6.04 Å². The Bertz CT molecular complexity index is 625. The molecule has 0 aliphatic heterocycles. The van der Waals surface area contributed by atoms with E-state index in [0.29, 0.717) is 5.56 Å². The van der Waals surface area contributed by atoms with Gasteiger partial charge in [0.2, 0.25) is 5.91 Å². The van der Waals surface area contributed by atoms with Gasteiger partial charge in [-0.05, 0) is 36.6 Å². The van der Waals surface area contributed by atoms with Crippen molar-refractivity contribution in [2.45, 2.75) is 38.1 Å². The summed E-state index contributed by atoms with van der Waals surface area (Å²) in [6, 6.07) is 7.41. The quantitative estimate of drug-likeness (QED) is 0.671. The Morgan fingerprint density at radius 3 is 2.48 bits per heavy atom. The van der Waals surface area contributed by atoms with Gasteiger partial charge in [0.15, 0.2) is 11.7 Å². The number of carbonyl (C=O) groups excluding carboxylic acids is 2. The molecule has 5 heteroatoms. The second kappa shape index (κ2) is 8.23. The largest absolute Gasteiger partial charge is 0.352 e. The van der Waals surface area contributed by atoms with Crippen LogP contribution in [0.3, 0.4) is 0 Å². The number of nitriles is 1. The number of allylic oxidation sites excluding steroid dienone is 1. The van der Waals surface area contributed by atoms with Crippen LogP contribution < -0.4 is 5.32 Å². The van der Waals surface area contributed by atoms with E-state index >= 15 is 0 Å². The van der Waals surface area contributed by atoms with Gasteiger partial charge in [-0.25, -0.2) is 4.39 Å². The molecule has 1 atom stereocenters. The lowest BCUT2D eigenvalue weighted by Crippen LogP contribution is -2.41. The number of benzene rings is 1. The molecule has 1 N–H and O–H groups in total.